The van der Waals surface area contributed by atoms with Crippen molar-refractivity contribution in [1.29, 1.82) is 0 Å². The fraction of sp³-hybridized carbons (Fsp3) is 0.833. The molecule has 1 amide bonds. The van der Waals surface area contributed by atoms with Gasteiger partial charge in [-0.05, 0) is 39.7 Å². The summed E-state index contributed by atoms with van der Waals surface area (Å²) in [5.41, 5.74) is 6.29. The molecule has 0 aromatic carbocycles. The van der Waals surface area contributed by atoms with Gasteiger partial charge in [-0.25, -0.2) is 5.01 Å². The average molecular weight is 225 g/mol. The van der Waals surface area contributed by atoms with Crippen LogP contribution in [-0.2, 0) is 4.79 Å². The molecule has 0 saturated carbocycles. The zero-order valence-corrected chi connectivity index (χ0v) is 10.9. The Kier molecular flexibility index (Phi) is 3.73. The fourth-order valence-corrected chi connectivity index (χ4v) is 1.95. The molecule has 0 aliphatic carbocycles. The zero-order valence-electron chi connectivity index (χ0n) is 10.9. The highest BCUT2D eigenvalue weighted by molar-refractivity contribution is 6.08. The van der Waals surface area contributed by atoms with E-state index >= 15 is 0 Å². The van der Waals surface area contributed by atoms with E-state index in [2.05, 4.69) is 18.9 Å². The van der Waals surface area contributed by atoms with Crippen LogP contribution in [0.15, 0.2) is 5.10 Å². The van der Waals surface area contributed by atoms with Gasteiger partial charge in [0.05, 0.1) is 17.2 Å². The van der Waals surface area contributed by atoms with Crippen molar-refractivity contribution < 1.29 is 4.79 Å². The molecule has 1 aliphatic heterocycles. The van der Waals surface area contributed by atoms with Crippen molar-refractivity contribution in [2.75, 3.05) is 6.54 Å². The van der Waals surface area contributed by atoms with E-state index in [1.54, 1.807) is 5.01 Å². The molecule has 0 fully saturated rings. The van der Waals surface area contributed by atoms with Crippen molar-refractivity contribution >= 4 is 11.6 Å². The third-order valence-electron chi connectivity index (χ3n) is 2.76. The lowest BCUT2D eigenvalue weighted by molar-refractivity contribution is -0.136. The Labute approximate surface area is 97.9 Å². The SMILES string of the molecule is CC(C)C1=NN(C(C)(C)C)C(=O)C1CCN. The summed E-state index contributed by atoms with van der Waals surface area (Å²) in [5, 5.41) is 6.10. The van der Waals surface area contributed by atoms with Crippen molar-refractivity contribution in [3.63, 3.8) is 0 Å². The molecule has 1 atom stereocenters. The molecule has 0 spiro atoms. The molecule has 92 valence electrons. The summed E-state index contributed by atoms with van der Waals surface area (Å²) >= 11 is 0. The van der Waals surface area contributed by atoms with Crippen LogP contribution >= 0.6 is 0 Å². The van der Waals surface area contributed by atoms with Gasteiger partial charge in [0, 0.05) is 0 Å². The van der Waals surface area contributed by atoms with Gasteiger partial charge in [-0.3, -0.25) is 4.79 Å². The van der Waals surface area contributed by atoms with Gasteiger partial charge >= 0.3 is 0 Å². The molecule has 0 radical (unpaired) electrons. The highest BCUT2D eigenvalue weighted by atomic mass is 16.2. The quantitative estimate of drug-likeness (QED) is 0.793. The molecule has 0 saturated heterocycles. The summed E-state index contributed by atoms with van der Waals surface area (Å²) in [6.45, 7) is 10.7. The van der Waals surface area contributed by atoms with E-state index in [1.807, 2.05) is 20.8 Å². The van der Waals surface area contributed by atoms with E-state index in [0.29, 0.717) is 18.9 Å². The largest absolute Gasteiger partial charge is 0.330 e. The molecule has 1 aliphatic rings. The third kappa shape index (κ3) is 2.43. The van der Waals surface area contributed by atoms with Crippen LogP contribution < -0.4 is 5.73 Å². The van der Waals surface area contributed by atoms with E-state index in [-0.39, 0.29) is 17.4 Å². The molecular weight excluding hydrogens is 202 g/mol. The number of amides is 1. The number of hydrogen-bond donors (Lipinski definition) is 1. The Balaban J connectivity index is 2.99. The average Bonchev–Trinajstić information content (AvgIpc) is 2.44. The molecule has 16 heavy (non-hydrogen) atoms. The number of nitrogens with zero attached hydrogens (tertiary/aromatic N) is 2. The Morgan fingerprint density at radius 1 is 1.44 bits per heavy atom. The van der Waals surface area contributed by atoms with Crippen LogP contribution in [-0.4, -0.2) is 28.7 Å². The number of nitrogens with two attached hydrogens (primary N) is 1. The lowest BCUT2D eigenvalue weighted by atomic mass is 9.91. The molecule has 4 heteroatoms. The van der Waals surface area contributed by atoms with E-state index in [0.717, 1.165) is 5.71 Å². The summed E-state index contributed by atoms with van der Waals surface area (Å²) in [7, 11) is 0. The van der Waals surface area contributed by atoms with Crippen LogP contribution in [0, 0.1) is 11.8 Å². The predicted molar refractivity (Wildman–Crippen MR) is 66.0 cm³/mol. The maximum atomic E-state index is 12.2. The van der Waals surface area contributed by atoms with Crippen LogP contribution in [0.5, 0.6) is 0 Å². The van der Waals surface area contributed by atoms with Crippen molar-refractivity contribution in [3.05, 3.63) is 0 Å². The summed E-state index contributed by atoms with van der Waals surface area (Å²) in [6, 6.07) is 0. The lowest BCUT2D eigenvalue weighted by Gasteiger charge is -2.28. The van der Waals surface area contributed by atoms with Crippen LogP contribution in [0.25, 0.3) is 0 Å². The van der Waals surface area contributed by atoms with Gasteiger partial charge in [0.2, 0.25) is 0 Å². The number of hydrazone groups is 1. The van der Waals surface area contributed by atoms with E-state index < -0.39 is 0 Å². The number of rotatable bonds is 3. The van der Waals surface area contributed by atoms with Crippen molar-refractivity contribution in [1.82, 2.24) is 5.01 Å². The first-order valence-electron chi connectivity index (χ1n) is 5.91. The van der Waals surface area contributed by atoms with Gasteiger partial charge in [-0.15, -0.1) is 0 Å². The monoisotopic (exact) mass is 225 g/mol. The highest BCUT2D eigenvalue weighted by Crippen LogP contribution is 2.28. The smallest absolute Gasteiger partial charge is 0.252 e. The van der Waals surface area contributed by atoms with Crippen molar-refractivity contribution in [2.45, 2.75) is 46.6 Å². The molecule has 2 N–H and O–H groups in total. The first-order chi connectivity index (χ1) is 7.29. The van der Waals surface area contributed by atoms with Gasteiger partial charge in [-0.2, -0.15) is 5.10 Å². The number of carbonyl (C=O) groups is 1. The molecule has 1 rings (SSSR count). The Bertz CT molecular complexity index is 302. The number of carbonyl (C=O) groups excluding carboxylic acids is 1. The van der Waals surface area contributed by atoms with E-state index in [4.69, 9.17) is 5.73 Å². The summed E-state index contributed by atoms with van der Waals surface area (Å²) in [6.07, 6.45) is 0.697. The van der Waals surface area contributed by atoms with Crippen LogP contribution in [0.2, 0.25) is 0 Å². The minimum Gasteiger partial charge on any atom is -0.330 e. The lowest BCUT2D eigenvalue weighted by Crippen LogP contribution is -2.41. The standard InChI is InChI=1S/C12H23N3O/c1-8(2)10-9(6-7-13)11(16)15(14-10)12(3,4)5/h8-9H,6-7,13H2,1-5H3. The topological polar surface area (TPSA) is 58.7 Å². The third-order valence-corrected chi connectivity index (χ3v) is 2.76. The second-order valence-corrected chi connectivity index (χ2v) is 5.63. The molecule has 0 bridgehead atoms. The first-order valence-corrected chi connectivity index (χ1v) is 5.91. The molecule has 4 nitrogen and oxygen atoms in total. The van der Waals surface area contributed by atoms with Crippen LogP contribution in [0.1, 0.15) is 41.0 Å². The summed E-state index contributed by atoms with van der Waals surface area (Å²) < 4.78 is 0. The summed E-state index contributed by atoms with van der Waals surface area (Å²) in [4.78, 5) is 12.2. The minimum atomic E-state index is -0.249. The molecular formula is C12H23N3O. The number of hydrogen-bond acceptors (Lipinski definition) is 3. The first kappa shape index (κ1) is 13.2. The molecule has 0 aromatic rings. The van der Waals surface area contributed by atoms with Gasteiger partial charge in [0.1, 0.15) is 0 Å². The summed E-state index contributed by atoms with van der Waals surface area (Å²) in [5.74, 6) is 0.290. The van der Waals surface area contributed by atoms with Gasteiger partial charge in [0.25, 0.3) is 5.91 Å². The zero-order chi connectivity index (χ0) is 12.5. The van der Waals surface area contributed by atoms with Gasteiger partial charge in [0.15, 0.2) is 0 Å². The fourth-order valence-electron chi connectivity index (χ4n) is 1.95. The normalized spacial score (nSPS) is 21.9. The Hall–Kier alpha value is -0.900. The van der Waals surface area contributed by atoms with Crippen LogP contribution in [0.4, 0.5) is 0 Å². The minimum absolute atomic E-state index is 0.0988. The Morgan fingerprint density at radius 2 is 2.00 bits per heavy atom. The van der Waals surface area contributed by atoms with Gasteiger partial charge < -0.3 is 5.73 Å². The Morgan fingerprint density at radius 3 is 2.38 bits per heavy atom. The maximum absolute atomic E-state index is 12.2. The predicted octanol–water partition coefficient (Wildman–Crippen LogP) is 1.60. The van der Waals surface area contributed by atoms with Crippen LogP contribution in [0.3, 0.4) is 0 Å². The second kappa shape index (κ2) is 4.53. The highest BCUT2D eigenvalue weighted by Gasteiger charge is 2.40. The van der Waals surface area contributed by atoms with Gasteiger partial charge in [-0.1, -0.05) is 13.8 Å². The molecule has 1 heterocycles. The maximum Gasteiger partial charge on any atom is 0.252 e. The van der Waals surface area contributed by atoms with Crippen molar-refractivity contribution in [2.24, 2.45) is 22.7 Å². The molecule has 1 unspecified atom stereocenters. The second-order valence-electron chi connectivity index (χ2n) is 5.63. The van der Waals surface area contributed by atoms with E-state index in [1.165, 1.54) is 0 Å². The van der Waals surface area contributed by atoms with Crippen molar-refractivity contribution in [3.8, 4) is 0 Å². The van der Waals surface area contributed by atoms with E-state index in [9.17, 15) is 4.79 Å². The molecule has 0 aromatic heterocycles.